The lowest BCUT2D eigenvalue weighted by Gasteiger charge is -2.27. The molecule has 5 heteroatoms. The third kappa shape index (κ3) is 2.64. The van der Waals surface area contributed by atoms with Crippen LogP contribution in [0, 0.1) is 12.8 Å². The van der Waals surface area contributed by atoms with Gasteiger partial charge in [0.2, 0.25) is 0 Å². The van der Waals surface area contributed by atoms with E-state index in [4.69, 9.17) is 0 Å². The molecule has 2 heterocycles. The molecule has 4 atom stereocenters. The van der Waals surface area contributed by atoms with E-state index in [0.717, 1.165) is 42.5 Å². The molecule has 1 aromatic carbocycles. The minimum absolute atomic E-state index is 0.0893. The summed E-state index contributed by atoms with van der Waals surface area (Å²) in [6.45, 7) is 4.07. The van der Waals surface area contributed by atoms with Gasteiger partial charge >= 0.3 is 0 Å². The van der Waals surface area contributed by atoms with Gasteiger partial charge in [0.15, 0.2) is 0 Å². The summed E-state index contributed by atoms with van der Waals surface area (Å²) in [6, 6.07) is 11.4. The first-order chi connectivity index (χ1) is 13.1. The second-order valence-corrected chi connectivity index (χ2v) is 7.97. The van der Waals surface area contributed by atoms with E-state index in [1.165, 1.54) is 11.1 Å². The molecule has 0 bridgehead atoms. The standard InChI is InChI=1S/C22H25N4O/c1-14-11-16(12-20(14)27)26-10-9-18-21(23-13-24-22(18)26)25(2)19-8-7-15-5-3-4-6-17(15)19/h3-6,9-10,13-14,16,19-20,27H,1,7-8,11-12H2,2H3/t14-,16+,19-,20-/m0/s1. The summed E-state index contributed by atoms with van der Waals surface area (Å²) in [5.74, 6) is 1.07. The van der Waals surface area contributed by atoms with Crippen LogP contribution in [0.3, 0.4) is 0 Å². The van der Waals surface area contributed by atoms with Gasteiger partial charge in [-0.25, -0.2) is 9.97 Å². The number of hydrogen-bond acceptors (Lipinski definition) is 4. The summed E-state index contributed by atoms with van der Waals surface area (Å²) in [4.78, 5) is 11.5. The maximum absolute atomic E-state index is 10.1. The molecule has 1 N–H and O–H groups in total. The molecule has 3 aromatic rings. The van der Waals surface area contributed by atoms with Crippen molar-refractivity contribution in [3.8, 4) is 0 Å². The van der Waals surface area contributed by atoms with Crippen LogP contribution in [0.5, 0.6) is 0 Å². The number of aryl methyl sites for hydroxylation is 1. The van der Waals surface area contributed by atoms with Gasteiger partial charge in [-0.1, -0.05) is 24.3 Å². The van der Waals surface area contributed by atoms with Gasteiger partial charge in [0, 0.05) is 19.3 Å². The summed E-state index contributed by atoms with van der Waals surface area (Å²) in [5.41, 5.74) is 3.80. The molecule has 1 radical (unpaired) electrons. The van der Waals surface area contributed by atoms with Crippen molar-refractivity contribution < 1.29 is 5.11 Å². The zero-order chi connectivity index (χ0) is 18.5. The van der Waals surface area contributed by atoms with Crippen LogP contribution in [0.4, 0.5) is 5.82 Å². The molecule has 0 unspecified atom stereocenters. The van der Waals surface area contributed by atoms with Crippen molar-refractivity contribution in [3.05, 3.63) is 60.9 Å². The lowest BCUT2D eigenvalue weighted by atomic mass is 10.1. The molecule has 1 saturated carbocycles. The lowest BCUT2D eigenvalue weighted by Crippen LogP contribution is -2.23. The van der Waals surface area contributed by atoms with E-state index in [1.54, 1.807) is 6.33 Å². The van der Waals surface area contributed by atoms with Gasteiger partial charge < -0.3 is 14.6 Å². The van der Waals surface area contributed by atoms with Gasteiger partial charge in [0.05, 0.1) is 17.5 Å². The highest BCUT2D eigenvalue weighted by atomic mass is 16.3. The number of hydrogen-bond donors (Lipinski definition) is 1. The highest BCUT2D eigenvalue weighted by Crippen LogP contribution is 2.40. The van der Waals surface area contributed by atoms with E-state index in [2.05, 4.69) is 69.9 Å². The first-order valence-corrected chi connectivity index (χ1v) is 9.77. The normalized spacial score (nSPS) is 27.2. The summed E-state index contributed by atoms with van der Waals surface area (Å²) in [7, 11) is 2.14. The van der Waals surface area contributed by atoms with Crippen LogP contribution in [-0.2, 0) is 6.42 Å². The number of aliphatic hydroxyl groups excluding tert-OH is 1. The van der Waals surface area contributed by atoms with Gasteiger partial charge in [-0.15, -0.1) is 0 Å². The van der Waals surface area contributed by atoms with E-state index in [1.807, 2.05) is 0 Å². The molecule has 0 aliphatic heterocycles. The van der Waals surface area contributed by atoms with Crippen molar-refractivity contribution in [1.29, 1.82) is 0 Å². The van der Waals surface area contributed by atoms with Crippen molar-refractivity contribution in [2.75, 3.05) is 11.9 Å². The Hall–Kier alpha value is -2.40. The summed E-state index contributed by atoms with van der Waals surface area (Å²) in [5, 5.41) is 11.2. The van der Waals surface area contributed by atoms with Crippen LogP contribution < -0.4 is 4.90 Å². The highest BCUT2D eigenvalue weighted by Gasteiger charge is 2.32. The van der Waals surface area contributed by atoms with Crippen LogP contribution in [0.1, 0.15) is 42.5 Å². The molecule has 5 nitrogen and oxygen atoms in total. The third-order valence-electron chi connectivity index (χ3n) is 6.42. The topological polar surface area (TPSA) is 54.2 Å². The van der Waals surface area contributed by atoms with Crippen molar-refractivity contribution in [2.45, 2.75) is 43.9 Å². The maximum Gasteiger partial charge on any atom is 0.145 e. The molecule has 2 aromatic heterocycles. The zero-order valence-electron chi connectivity index (χ0n) is 15.6. The van der Waals surface area contributed by atoms with E-state index < -0.39 is 0 Å². The van der Waals surface area contributed by atoms with Crippen molar-refractivity contribution in [1.82, 2.24) is 14.5 Å². The molecular formula is C22H25N4O. The van der Waals surface area contributed by atoms with E-state index in [9.17, 15) is 5.11 Å². The Labute approximate surface area is 159 Å². The van der Waals surface area contributed by atoms with Gasteiger partial charge in [0.1, 0.15) is 17.8 Å². The number of benzene rings is 1. The number of nitrogens with zero attached hydrogens (tertiary/aromatic N) is 4. The van der Waals surface area contributed by atoms with Gasteiger partial charge in [-0.05, 0) is 55.7 Å². The quantitative estimate of drug-likeness (QED) is 0.773. The van der Waals surface area contributed by atoms with Gasteiger partial charge in [-0.2, -0.15) is 0 Å². The monoisotopic (exact) mass is 361 g/mol. The SMILES string of the molecule is [CH2][C@H]1C[C@@H](n2ccc3c(N(C)[C@H]4CCc5ccccc54)ncnc32)C[C@@H]1O. The summed E-state index contributed by atoms with van der Waals surface area (Å²) < 4.78 is 2.20. The molecule has 0 spiro atoms. The fourth-order valence-corrected chi connectivity index (χ4v) is 4.92. The van der Waals surface area contributed by atoms with Gasteiger partial charge in [-0.3, -0.25) is 0 Å². The van der Waals surface area contributed by atoms with Crippen LogP contribution in [-0.4, -0.2) is 32.8 Å². The van der Waals surface area contributed by atoms with E-state index >= 15 is 0 Å². The maximum atomic E-state index is 10.1. The Morgan fingerprint density at radius 2 is 2.04 bits per heavy atom. The number of fused-ring (bicyclic) bond motifs is 2. The Balaban J connectivity index is 1.52. The molecule has 139 valence electrons. The second-order valence-electron chi connectivity index (χ2n) is 7.97. The van der Waals surface area contributed by atoms with E-state index in [-0.39, 0.29) is 18.1 Å². The second kappa shape index (κ2) is 6.34. The Morgan fingerprint density at radius 1 is 1.19 bits per heavy atom. The first kappa shape index (κ1) is 16.8. The minimum Gasteiger partial charge on any atom is -0.393 e. The van der Waals surface area contributed by atoms with Crippen LogP contribution in [0.25, 0.3) is 11.0 Å². The molecule has 0 amide bonds. The van der Waals surface area contributed by atoms with Crippen LogP contribution in [0.15, 0.2) is 42.9 Å². The Morgan fingerprint density at radius 3 is 2.85 bits per heavy atom. The zero-order valence-corrected chi connectivity index (χ0v) is 15.6. The lowest BCUT2D eigenvalue weighted by molar-refractivity contribution is 0.149. The number of aromatic nitrogens is 3. The smallest absolute Gasteiger partial charge is 0.145 e. The first-order valence-electron chi connectivity index (χ1n) is 9.77. The average Bonchev–Trinajstić information content (AvgIpc) is 3.38. The summed E-state index contributed by atoms with van der Waals surface area (Å²) >= 11 is 0. The van der Waals surface area contributed by atoms with E-state index in [0.29, 0.717) is 6.04 Å². The highest BCUT2D eigenvalue weighted by molar-refractivity contribution is 5.88. The number of anilines is 1. The molecule has 27 heavy (non-hydrogen) atoms. The predicted octanol–water partition coefficient (Wildman–Crippen LogP) is 3.70. The molecular weight excluding hydrogens is 336 g/mol. The minimum atomic E-state index is -0.327. The van der Waals surface area contributed by atoms with Gasteiger partial charge in [0.25, 0.3) is 0 Å². The molecule has 0 saturated heterocycles. The molecule has 5 rings (SSSR count). The molecule has 1 fully saturated rings. The largest absolute Gasteiger partial charge is 0.393 e. The molecule has 2 aliphatic rings. The average molecular weight is 361 g/mol. The van der Waals surface area contributed by atoms with Crippen molar-refractivity contribution >= 4 is 16.9 Å². The van der Waals surface area contributed by atoms with Crippen molar-refractivity contribution in [3.63, 3.8) is 0 Å². The fraction of sp³-hybridized carbons (Fsp3) is 0.409. The molecule has 2 aliphatic carbocycles. The Kier molecular flexibility index (Phi) is 3.93. The van der Waals surface area contributed by atoms with Crippen LogP contribution in [0.2, 0.25) is 0 Å². The number of rotatable bonds is 3. The van der Waals surface area contributed by atoms with Crippen LogP contribution >= 0.6 is 0 Å². The van der Waals surface area contributed by atoms with Crippen molar-refractivity contribution in [2.24, 2.45) is 5.92 Å². The third-order valence-corrected chi connectivity index (χ3v) is 6.42. The summed E-state index contributed by atoms with van der Waals surface area (Å²) in [6.07, 6.45) is 7.28. The predicted molar refractivity (Wildman–Crippen MR) is 107 cm³/mol. The fourth-order valence-electron chi connectivity index (χ4n) is 4.92. The number of aliphatic hydroxyl groups is 1. The Bertz CT molecular complexity index is 971.